The van der Waals surface area contributed by atoms with Gasteiger partial charge < -0.3 is 4.74 Å². The molecule has 0 N–H and O–H groups in total. The van der Waals surface area contributed by atoms with Crippen molar-refractivity contribution in [1.29, 1.82) is 0 Å². The van der Waals surface area contributed by atoms with Crippen LogP contribution in [-0.2, 0) is 0 Å². The molecule has 0 bridgehead atoms. The summed E-state index contributed by atoms with van der Waals surface area (Å²) in [4.78, 5) is 5.99. The van der Waals surface area contributed by atoms with Gasteiger partial charge in [0.05, 0.1) is 12.8 Å². The third-order valence-corrected chi connectivity index (χ3v) is 4.15. The van der Waals surface area contributed by atoms with Gasteiger partial charge in [0.2, 0.25) is 0 Å². The van der Waals surface area contributed by atoms with Crippen LogP contribution < -0.4 is 4.74 Å². The van der Waals surface area contributed by atoms with E-state index in [1.54, 1.807) is 7.11 Å². The van der Waals surface area contributed by atoms with Gasteiger partial charge >= 0.3 is 0 Å². The number of aliphatic imine (C=N–C) groups is 1. The molecule has 1 aliphatic rings. The Morgan fingerprint density at radius 2 is 1.95 bits per heavy atom. The predicted molar refractivity (Wildman–Crippen MR) is 80.7 cm³/mol. The Labute approximate surface area is 117 Å². The number of fused-ring (bicyclic) bond motifs is 1. The molecule has 0 saturated carbocycles. The van der Waals surface area contributed by atoms with Crippen LogP contribution in [0, 0.1) is 0 Å². The van der Waals surface area contributed by atoms with Crippen molar-refractivity contribution in [2.24, 2.45) is 4.99 Å². The smallest absolute Gasteiger partial charge is 0.120 e. The number of ether oxygens (including phenoxy) is 1. The Bertz CT molecular complexity index is 607. The first-order valence-corrected chi connectivity index (χ1v) is 7.28. The van der Waals surface area contributed by atoms with E-state index in [1.165, 1.54) is 16.0 Å². The lowest BCUT2D eigenvalue weighted by Crippen LogP contribution is -2.04. The van der Waals surface area contributed by atoms with Crippen molar-refractivity contribution in [3.8, 4) is 5.75 Å². The van der Waals surface area contributed by atoms with Gasteiger partial charge in [-0.3, -0.25) is 4.99 Å². The van der Waals surface area contributed by atoms with E-state index >= 15 is 0 Å². The van der Waals surface area contributed by atoms with Gasteiger partial charge in [-0.25, -0.2) is 0 Å². The summed E-state index contributed by atoms with van der Waals surface area (Å²) in [7, 11) is 1.70. The maximum atomic E-state index is 5.31. The van der Waals surface area contributed by atoms with Crippen LogP contribution in [0.4, 0.5) is 0 Å². The minimum Gasteiger partial charge on any atom is -0.497 e. The van der Waals surface area contributed by atoms with Crippen molar-refractivity contribution in [2.45, 2.75) is 4.90 Å². The second-order valence-corrected chi connectivity index (χ2v) is 5.44. The molecule has 3 heteroatoms. The molecule has 2 aromatic rings. The molecule has 0 atom stereocenters. The van der Waals surface area contributed by atoms with Crippen molar-refractivity contribution in [3.05, 3.63) is 59.7 Å². The van der Waals surface area contributed by atoms with Gasteiger partial charge in [-0.15, -0.1) is 11.8 Å². The molecule has 1 heterocycles. The summed E-state index contributed by atoms with van der Waals surface area (Å²) in [6, 6.07) is 16.6. The molecule has 3 rings (SSSR count). The van der Waals surface area contributed by atoms with E-state index < -0.39 is 0 Å². The largest absolute Gasteiger partial charge is 0.497 e. The Morgan fingerprint density at radius 1 is 1.11 bits per heavy atom. The molecule has 0 radical (unpaired) electrons. The van der Waals surface area contributed by atoms with Crippen molar-refractivity contribution >= 4 is 17.5 Å². The molecule has 0 aromatic heterocycles. The first kappa shape index (κ1) is 12.3. The second-order valence-electron chi connectivity index (χ2n) is 4.31. The molecular formula is C16H15NOS. The first-order chi connectivity index (χ1) is 9.38. The number of methoxy groups -OCH3 is 1. The Kier molecular flexibility index (Phi) is 3.56. The molecule has 0 amide bonds. The van der Waals surface area contributed by atoms with E-state index in [9.17, 15) is 0 Å². The third-order valence-electron chi connectivity index (χ3n) is 3.11. The average molecular weight is 269 g/mol. The molecule has 2 aromatic carbocycles. The number of rotatable bonds is 2. The minimum absolute atomic E-state index is 0.853. The van der Waals surface area contributed by atoms with E-state index in [2.05, 4.69) is 36.4 Å². The molecule has 0 fully saturated rings. The molecule has 19 heavy (non-hydrogen) atoms. The minimum atomic E-state index is 0.853. The van der Waals surface area contributed by atoms with E-state index in [1.807, 2.05) is 23.9 Å². The van der Waals surface area contributed by atoms with Gasteiger partial charge in [-0.05, 0) is 18.2 Å². The summed E-state index contributed by atoms with van der Waals surface area (Å²) in [6.45, 7) is 0.853. The summed E-state index contributed by atoms with van der Waals surface area (Å²) in [6.07, 6.45) is 0. The summed E-state index contributed by atoms with van der Waals surface area (Å²) >= 11 is 1.84. The van der Waals surface area contributed by atoms with Gasteiger partial charge in [0.1, 0.15) is 5.75 Å². The van der Waals surface area contributed by atoms with Crippen LogP contribution in [-0.4, -0.2) is 25.1 Å². The van der Waals surface area contributed by atoms with Gasteiger partial charge in [-0.1, -0.05) is 30.3 Å². The van der Waals surface area contributed by atoms with Crippen LogP contribution in [0.1, 0.15) is 11.1 Å². The average Bonchev–Trinajstić information content (AvgIpc) is 2.69. The number of hydrogen-bond acceptors (Lipinski definition) is 3. The molecule has 0 unspecified atom stereocenters. The van der Waals surface area contributed by atoms with Crippen LogP contribution in [0.3, 0.4) is 0 Å². The van der Waals surface area contributed by atoms with Crippen molar-refractivity contribution in [3.63, 3.8) is 0 Å². The van der Waals surface area contributed by atoms with Gasteiger partial charge in [0.25, 0.3) is 0 Å². The molecular weight excluding hydrogens is 254 g/mol. The van der Waals surface area contributed by atoms with E-state index in [4.69, 9.17) is 9.73 Å². The lowest BCUT2D eigenvalue weighted by molar-refractivity contribution is 0.413. The molecule has 96 valence electrons. The summed E-state index contributed by atoms with van der Waals surface area (Å²) in [5.74, 6) is 1.91. The normalized spacial score (nSPS) is 14.3. The lowest BCUT2D eigenvalue weighted by Gasteiger charge is -2.10. The Balaban J connectivity index is 2.10. The fraction of sp³-hybridized carbons (Fsp3) is 0.188. The zero-order valence-corrected chi connectivity index (χ0v) is 11.6. The SMILES string of the molecule is COc1ccc2c(c1)SCCN=C2c1ccccc1. The van der Waals surface area contributed by atoms with Crippen molar-refractivity contribution in [1.82, 2.24) is 0 Å². The number of benzene rings is 2. The van der Waals surface area contributed by atoms with Crippen LogP contribution in [0.2, 0.25) is 0 Å². The second kappa shape index (κ2) is 5.49. The van der Waals surface area contributed by atoms with E-state index in [0.29, 0.717) is 0 Å². The highest BCUT2D eigenvalue weighted by molar-refractivity contribution is 7.99. The molecule has 1 aliphatic heterocycles. The highest BCUT2D eigenvalue weighted by atomic mass is 32.2. The number of nitrogens with zero attached hydrogens (tertiary/aromatic N) is 1. The third kappa shape index (κ3) is 2.51. The summed E-state index contributed by atoms with van der Waals surface area (Å²) in [5, 5.41) is 0. The number of thioether (sulfide) groups is 1. The zero-order chi connectivity index (χ0) is 13.1. The Hall–Kier alpha value is -1.74. The molecule has 2 nitrogen and oxygen atoms in total. The van der Waals surface area contributed by atoms with E-state index in [-0.39, 0.29) is 0 Å². The van der Waals surface area contributed by atoms with E-state index in [0.717, 1.165) is 23.8 Å². The monoisotopic (exact) mass is 269 g/mol. The summed E-state index contributed by atoms with van der Waals surface area (Å²) in [5.41, 5.74) is 3.47. The van der Waals surface area contributed by atoms with Crippen LogP contribution in [0.15, 0.2) is 58.4 Å². The van der Waals surface area contributed by atoms with Crippen molar-refractivity contribution in [2.75, 3.05) is 19.4 Å². The fourth-order valence-corrected chi connectivity index (χ4v) is 3.11. The highest BCUT2D eigenvalue weighted by Gasteiger charge is 2.15. The highest BCUT2D eigenvalue weighted by Crippen LogP contribution is 2.31. The lowest BCUT2D eigenvalue weighted by atomic mass is 10.0. The van der Waals surface area contributed by atoms with Gasteiger partial charge in [0, 0.05) is 28.3 Å². The first-order valence-electron chi connectivity index (χ1n) is 6.29. The molecule has 0 saturated heterocycles. The molecule has 0 spiro atoms. The maximum Gasteiger partial charge on any atom is 0.120 e. The Morgan fingerprint density at radius 3 is 2.74 bits per heavy atom. The maximum absolute atomic E-state index is 5.31. The van der Waals surface area contributed by atoms with Crippen molar-refractivity contribution < 1.29 is 4.74 Å². The van der Waals surface area contributed by atoms with Crippen LogP contribution in [0.5, 0.6) is 5.75 Å². The quantitative estimate of drug-likeness (QED) is 0.830. The van der Waals surface area contributed by atoms with Crippen LogP contribution >= 0.6 is 11.8 Å². The predicted octanol–water partition coefficient (Wildman–Crippen LogP) is 3.64. The topological polar surface area (TPSA) is 21.6 Å². The standard InChI is InChI=1S/C16H15NOS/c1-18-13-7-8-14-15(11-13)19-10-9-17-16(14)12-5-3-2-4-6-12/h2-8,11H,9-10H2,1H3. The van der Waals surface area contributed by atoms with Crippen LogP contribution in [0.25, 0.3) is 0 Å². The molecule has 0 aliphatic carbocycles. The van der Waals surface area contributed by atoms with Gasteiger partial charge in [0.15, 0.2) is 0 Å². The number of hydrogen-bond donors (Lipinski definition) is 0. The summed E-state index contributed by atoms with van der Waals surface area (Å²) < 4.78 is 5.31. The fourth-order valence-electron chi connectivity index (χ4n) is 2.19. The van der Waals surface area contributed by atoms with Gasteiger partial charge in [-0.2, -0.15) is 0 Å². The zero-order valence-electron chi connectivity index (χ0n) is 10.8.